The molecule has 0 aliphatic heterocycles. The van der Waals surface area contributed by atoms with Gasteiger partial charge in [-0.2, -0.15) is 0 Å². The highest BCUT2D eigenvalue weighted by molar-refractivity contribution is 7.98. The van der Waals surface area contributed by atoms with Gasteiger partial charge in [0.2, 0.25) is 0 Å². The van der Waals surface area contributed by atoms with E-state index in [2.05, 4.69) is 15.6 Å². The number of esters is 1. The largest absolute Gasteiger partial charge is 0.452 e. The lowest BCUT2D eigenvalue weighted by atomic mass is 10.3. The summed E-state index contributed by atoms with van der Waals surface area (Å²) >= 11 is 1.31. The summed E-state index contributed by atoms with van der Waals surface area (Å²) in [7, 11) is 0. The van der Waals surface area contributed by atoms with Gasteiger partial charge in [0.1, 0.15) is 5.03 Å². The maximum Gasteiger partial charge on any atom is 0.341 e. The van der Waals surface area contributed by atoms with E-state index >= 15 is 0 Å². The molecule has 0 bridgehead atoms. The highest BCUT2D eigenvalue weighted by atomic mass is 32.2. The Morgan fingerprint density at radius 3 is 2.86 bits per heavy atom. The zero-order chi connectivity index (χ0) is 15.2. The molecule has 21 heavy (non-hydrogen) atoms. The molecule has 2 N–H and O–H groups in total. The minimum absolute atomic E-state index is 0.153. The molecule has 1 aromatic rings. The Morgan fingerprint density at radius 1 is 1.43 bits per heavy atom. The van der Waals surface area contributed by atoms with Crippen LogP contribution in [0.25, 0.3) is 0 Å². The number of thioether (sulfide) groups is 1. The molecule has 1 aliphatic rings. The van der Waals surface area contributed by atoms with Gasteiger partial charge in [-0.3, -0.25) is 10.1 Å². The lowest BCUT2D eigenvalue weighted by Gasteiger charge is -2.08. The number of carbonyl (C=O) groups excluding carboxylic acids is 3. The maximum absolute atomic E-state index is 11.8. The molecule has 0 spiro atoms. The molecule has 8 heteroatoms. The first-order valence-electron chi connectivity index (χ1n) is 6.36. The van der Waals surface area contributed by atoms with Crippen LogP contribution >= 0.6 is 11.8 Å². The molecule has 1 saturated carbocycles. The molecular formula is C13H15N3O4S. The van der Waals surface area contributed by atoms with Crippen molar-refractivity contribution in [1.29, 1.82) is 0 Å². The first kappa shape index (κ1) is 15.3. The summed E-state index contributed by atoms with van der Waals surface area (Å²) in [5.41, 5.74) is 0.292. The molecular weight excluding hydrogens is 294 g/mol. The van der Waals surface area contributed by atoms with Gasteiger partial charge in [-0.25, -0.2) is 14.6 Å². The van der Waals surface area contributed by atoms with Crippen molar-refractivity contribution in [3.8, 4) is 0 Å². The van der Waals surface area contributed by atoms with Crippen molar-refractivity contribution < 1.29 is 19.1 Å². The van der Waals surface area contributed by atoms with Crippen LogP contribution in [-0.2, 0) is 9.53 Å². The van der Waals surface area contributed by atoms with Crippen LogP contribution in [0.3, 0.4) is 0 Å². The standard InChI is InChI=1S/C13H15N3O4S/c1-21-11-9(3-2-6-14-11)12(18)20-7-10(17)16-13(19)15-8-4-5-8/h2-3,6,8H,4-5,7H2,1H3,(H2,15,16,17,19). The molecule has 7 nitrogen and oxygen atoms in total. The fourth-order valence-electron chi connectivity index (χ4n) is 1.53. The second-order valence-corrected chi connectivity index (χ2v) is 5.23. The number of pyridine rings is 1. The molecule has 1 aliphatic carbocycles. The SMILES string of the molecule is CSc1ncccc1C(=O)OCC(=O)NC(=O)NC1CC1. The fourth-order valence-corrected chi connectivity index (χ4v) is 2.07. The summed E-state index contributed by atoms with van der Waals surface area (Å²) in [5.74, 6) is -1.32. The van der Waals surface area contributed by atoms with Crippen LogP contribution in [0.2, 0.25) is 0 Å². The number of urea groups is 1. The van der Waals surface area contributed by atoms with E-state index in [1.165, 1.54) is 11.8 Å². The molecule has 1 aromatic heterocycles. The molecule has 0 atom stereocenters. The van der Waals surface area contributed by atoms with Gasteiger partial charge in [0.05, 0.1) is 5.56 Å². The van der Waals surface area contributed by atoms with Crippen LogP contribution in [0, 0.1) is 0 Å². The van der Waals surface area contributed by atoms with Crippen LogP contribution in [0.4, 0.5) is 4.79 Å². The lowest BCUT2D eigenvalue weighted by Crippen LogP contribution is -2.42. The van der Waals surface area contributed by atoms with E-state index in [4.69, 9.17) is 4.74 Å². The first-order chi connectivity index (χ1) is 10.1. The van der Waals surface area contributed by atoms with Crippen LogP contribution in [0.15, 0.2) is 23.4 Å². The fraction of sp³-hybridized carbons (Fsp3) is 0.385. The lowest BCUT2D eigenvalue weighted by molar-refractivity contribution is -0.123. The third-order valence-electron chi connectivity index (χ3n) is 2.68. The number of nitrogens with one attached hydrogen (secondary N) is 2. The number of amides is 3. The molecule has 1 heterocycles. The molecule has 0 saturated heterocycles. The topological polar surface area (TPSA) is 97.4 Å². The molecule has 0 unspecified atom stereocenters. The minimum atomic E-state index is -0.670. The Hall–Kier alpha value is -2.09. The molecule has 0 aromatic carbocycles. The van der Waals surface area contributed by atoms with Gasteiger partial charge in [-0.1, -0.05) is 0 Å². The van der Waals surface area contributed by atoms with E-state index in [0.717, 1.165) is 12.8 Å². The molecule has 3 amide bonds. The summed E-state index contributed by atoms with van der Waals surface area (Å²) < 4.78 is 4.87. The summed E-state index contributed by atoms with van der Waals surface area (Å²) in [6.07, 6.45) is 5.20. The van der Waals surface area contributed by atoms with E-state index in [-0.39, 0.29) is 6.04 Å². The summed E-state index contributed by atoms with van der Waals surface area (Å²) in [4.78, 5) is 38.7. The average molecular weight is 309 g/mol. The Bertz CT molecular complexity index is 560. The highest BCUT2D eigenvalue weighted by Gasteiger charge is 2.24. The van der Waals surface area contributed by atoms with Gasteiger partial charge in [0.25, 0.3) is 5.91 Å². The second kappa shape index (κ2) is 7.07. The van der Waals surface area contributed by atoms with Gasteiger partial charge in [0.15, 0.2) is 6.61 Å². The third-order valence-corrected chi connectivity index (χ3v) is 3.40. The van der Waals surface area contributed by atoms with E-state index in [1.807, 2.05) is 0 Å². The Balaban J connectivity index is 1.79. The first-order valence-corrected chi connectivity index (χ1v) is 7.59. The van der Waals surface area contributed by atoms with Crippen molar-refractivity contribution >= 4 is 29.7 Å². The van der Waals surface area contributed by atoms with Crippen molar-refractivity contribution in [1.82, 2.24) is 15.6 Å². The van der Waals surface area contributed by atoms with Crippen LogP contribution < -0.4 is 10.6 Å². The normalized spacial score (nSPS) is 13.4. The number of rotatable bonds is 5. The average Bonchev–Trinajstić information content (AvgIpc) is 3.28. The van der Waals surface area contributed by atoms with Crippen molar-refractivity contribution in [2.24, 2.45) is 0 Å². The Morgan fingerprint density at radius 2 is 2.19 bits per heavy atom. The van der Waals surface area contributed by atoms with Gasteiger partial charge >= 0.3 is 12.0 Å². The minimum Gasteiger partial charge on any atom is -0.452 e. The van der Waals surface area contributed by atoms with Gasteiger partial charge in [-0.05, 0) is 31.2 Å². The van der Waals surface area contributed by atoms with E-state index in [0.29, 0.717) is 10.6 Å². The number of carbonyl (C=O) groups is 3. The van der Waals surface area contributed by atoms with Gasteiger partial charge in [-0.15, -0.1) is 11.8 Å². The Kier molecular flexibility index (Phi) is 5.15. The summed E-state index contributed by atoms with van der Waals surface area (Å²) in [6, 6.07) is 2.77. The maximum atomic E-state index is 11.8. The number of hydrogen-bond acceptors (Lipinski definition) is 6. The van der Waals surface area contributed by atoms with E-state index < -0.39 is 24.5 Å². The number of ether oxygens (including phenoxy) is 1. The van der Waals surface area contributed by atoms with E-state index in [1.54, 1.807) is 24.6 Å². The molecule has 0 radical (unpaired) electrons. The third kappa shape index (κ3) is 4.75. The number of nitrogens with zero attached hydrogens (tertiary/aromatic N) is 1. The highest BCUT2D eigenvalue weighted by Crippen LogP contribution is 2.18. The summed E-state index contributed by atoms with van der Waals surface area (Å²) in [5, 5.41) is 5.22. The van der Waals surface area contributed by atoms with Crippen molar-refractivity contribution in [3.05, 3.63) is 23.9 Å². The van der Waals surface area contributed by atoms with Crippen LogP contribution in [0.5, 0.6) is 0 Å². The predicted molar refractivity (Wildman–Crippen MR) is 76.0 cm³/mol. The molecule has 1 fully saturated rings. The van der Waals surface area contributed by atoms with Gasteiger partial charge in [0, 0.05) is 12.2 Å². The number of imide groups is 1. The van der Waals surface area contributed by atoms with Crippen molar-refractivity contribution in [2.45, 2.75) is 23.9 Å². The number of aromatic nitrogens is 1. The predicted octanol–water partition coefficient (Wildman–Crippen LogP) is 0.949. The molecule has 2 rings (SSSR count). The Labute approximate surface area is 125 Å². The smallest absolute Gasteiger partial charge is 0.341 e. The monoisotopic (exact) mass is 309 g/mol. The van der Waals surface area contributed by atoms with Gasteiger partial charge < -0.3 is 10.1 Å². The quantitative estimate of drug-likeness (QED) is 0.621. The summed E-state index contributed by atoms with van der Waals surface area (Å²) in [6.45, 7) is -0.514. The second-order valence-electron chi connectivity index (χ2n) is 4.43. The van der Waals surface area contributed by atoms with E-state index in [9.17, 15) is 14.4 Å². The van der Waals surface area contributed by atoms with Crippen LogP contribution in [-0.4, -0.2) is 41.8 Å². The molecule has 112 valence electrons. The zero-order valence-corrected chi connectivity index (χ0v) is 12.2. The van der Waals surface area contributed by atoms with Crippen LogP contribution in [0.1, 0.15) is 23.2 Å². The van der Waals surface area contributed by atoms with Crippen molar-refractivity contribution in [3.63, 3.8) is 0 Å². The zero-order valence-electron chi connectivity index (χ0n) is 11.4. The van der Waals surface area contributed by atoms with Crippen molar-refractivity contribution in [2.75, 3.05) is 12.9 Å². The number of hydrogen-bond donors (Lipinski definition) is 2.